The van der Waals surface area contributed by atoms with Crippen LogP contribution in [0.5, 0.6) is 0 Å². The first-order chi connectivity index (χ1) is 6.79. The Labute approximate surface area is 83.5 Å². The molecule has 0 aliphatic heterocycles. The molecule has 14 heavy (non-hydrogen) atoms. The van der Waals surface area contributed by atoms with Crippen molar-refractivity contribution in [3.63, 3.8) is 0 Å². The average Bonchev–Trinajstić information content (AvgIpc) is 2.76. The van der Waals surface area contributed by atoms with Crippen LogP contribution >= 0.6 is 0 Å². The van der Waals surface area contributed by atoms with Crippen LogP contribution in [0.25, 0.3) is 0 Å². The summed E-state index contributed by atoms with van der Waals surface area (Å²) < 4.78 is 2.11. The van der Waals surface area contributed by atoms with Crippen LogP contribution < -0.4 is 0 Å². The molecule has 2 rings (SSSR count). The summed E-state index contributed by atoms with van der Waals surface area (Å²) in [5.74, 6) is 1.32. The summed E-state index contributed by atoms with van der Waals surface area (Å²) >= 11 is 0. The molecule has 3 heteroatoms. The Morgan fingerprint density at radius 3 is 3.00 bits per heavy atom. The lowest BCUT2D eigenvalue weighted by Gasteiger charge is -2.04. The molecule has 0 unspecified atom stereocenters. The fraction of sp³-hybridized carbons (Fsp3) is 0.455. The van der Waals surface area contributed by atoms with Crippen LogP contribution in [-0.2, 0) is 17.8 Å². The normalized spacial score (nSPS) is 16.1. The summed E-state index contributed by atoms with van der Waals surface area (Å²) in [6.45, 7) is 3.04. The first kappa shape index (κ1) is 9.19. The van der Waals surface area contributed by atoms with E-state index in [-0.39, 0.29) is 5.78 Å². The largest absolute Gasteiger partial charge is 0.335 e. The van der Waals surface area contributed by atoms with Gasteiger partial charge in [0.1, 0.15) is 5.82 Å². The van der Waals surface area contributed by atoms with Crippen LogP contribution in [0.3, 0.4) is 0 Å². The molecule has 0 aromatic carbocycles. The van der Waals surface area contributed by atoms with E-state index in [2.05, 4.69) is 16.5 Å². The van der Waals surface area contributed by atoms with Gasteiger partial charge in [0.15, 0.2) is 5.78 Å². The van der Waals surface area contributed by atoms with Gasteiger partial charge in [0.05, 0.1) is 0 Å². The van der Waals surface area contributed by atoms with Crippen molar-refractivity contribution in [2.75, 3.05) is 0 Å². The Kier molecular flexibility index (Phi) is 2.48. The zero-order valence-electron chi connectivity index (χ0n) is 8.36. The van der Waals surface area contributed by atoms with Crippen LogP contribution in [0.4, 0.5) is 0 Å². The third-order valence-electron chi connectivity index (χ3n) is 2.59. The summed E-state index contributed by atoms with van der Waals surface area (Å²) in [6.07, 6.45) is 7.99. The van der Waals surface area contributed by atoms with Crippen molar-refractivity contribution < 1.29 is 4.79 Å². The number of rotatable bonds is 3. The molecule has 0 saturated heterocycles. The van der Waals surface area contributed by atoms with Gasteiger partial charge in [-0.25, -0.2) is 4.98 Å². The third-order valence-corrected chi connectivity index (χ3v) is 2.59. The number of imidazole rings is 1. The van der Waals surface area contributed by atoms with Gasteiger partial charge in [-0.15, -0.1) is 0 Å². The van der Waals surface area contributed by atoms with Gasteiger partial charge in [0.25, 0.3) is 0 Å². The van der Waals surface area contributed by atoms with E-state index < -0.39 is 0 Å². The molecule has 1 heterocycles. The van der Waals surface area contributed by atoms with Gasteiger partial charge in [-0.2, -0.15) is 0 Å². The lowest BCUT2D eigenvalue weighted by atomic mass is 10.1. The smallest absolute Gasteiger partial charge is 0.155 e. The zero-order valence-corrected chi connectivity index (χ0v) is 8.36. The SMILES string of the molecule is CCn1ccnc1CC1=CC(=O)CC1. The van der Waals surface area contributed by atoms with E-state index in [1.165, 1.54) is 5.57 Å². The second-order valence-electron chi connectivity index (χ2n) is 3.58. The molecule has 0 spiro atoms. The van der Waals surface area contributed by atoms with Crippen LogP contribution in [0.1, 0.15) is 25.6 Å². The number of carbonyl (C=O) groups is 1. The maximum atomic E-state index is 11.0. The molecule has 0 amide bonds. The standard InChI is InChI=1S/C11H14N2O/c1-2-13-6-5-12-11(13)8-9-3-4-10(14)7-9/h5-7H,2-4,8H2,1H3. The second-order valence-corrected chi connectivity index (χ2v) is 3.58. The summed E-state index contributed by atoms with van der Waals surface area (Å²) in [4.78, 5) is 15.3. The number of nitrogens with zero attached hydrogens (tertiary/aromatic N) is 2. The van der Waals surface area contributed by atoms with E-state index in [9.17, 15) is 4.79 Å². The number of ketones is 1. The van der Waals surface area contributed by atoms with Crippen molar-refractivity contribution in [1.82, 2.24) is 9.55 Å². The quantitative estimate of drug-likeness (QED) is 0.727. The molecule has 0 radical (unpaired) electrons. The van der Waals surface area contributed by atoms with Crippen LogP contribution in [0.2, 0.25) is 0 Å². The van der Waals surface area contributed by atoms with Gasteiger partial charge in [0, 0.05) is 31.8 Å². The number of hydrogen-bond donors (Lipinski definition) is 0. The Hall–Kier alpha value is -1.38. The highest BCUT2D eigenvalue weighted by Gasteiger charge is 2.13. The van der Waals surface area contributed by atoms with Gasteiger partial charge in [-0.05, 0) is 19.4 Å². The molecule has 0 saturated carbocycles. The topological polar surface area (TPSA) is 34.9 Å². The van der Waals surface area contributed by atoms with Crippen molar-refractivity contribution in [3.8, 4) is 0 Å². The second kappa shape index (κ2) is 3.78. The Balaban J connectivity index is 2.11. The molecular formula is C11H14N2O. The van der Waals surface area contributed by atoms with E-state index in [0.717, 1.165) is 25.2 Å². The van der Waals surface area contributed by atoms with Gasteiger partial charge < -0.3 is 4.57 Å². The van der Waals surface area contributed by atoms with Crippen LogP contribution in [0, 0.1) is 0 Å². The van der Waals surface area contributed by atoms with Crippen molar-refractivity contribution in [1.29, 1.82) is 0 Å². The minimum Gasteiger partial charge on any atom is -0.335 e. The Morgan fingerprint density at radius 1 is 1.50 bits per heavy atom. The molecule has 1 aromatic rings. The predicted octanol–water partition coefficient (Wildman–Crippen LogP) is 1.73. The predicted molar refractivity (Wildman–Crippen MR) is 53.9 cm³/mol. The number of carbonyl (C=O) groups excluding carboxylic acids is 1. The molecule has 0 bridgehead atoms. The van der Waals surface area contributed by atoms with E-state index in [1.54, 1.807) is 6.08 Å². The molecule has 0 N–H and O–H groups in total. The van der Waals surface area contributed by atoms with Crippen LogP contribution in [-0.4, -0.2) is 15.3 Å². The molecule has 0 atom stereocenters. The monoisotopic (exact) mass is 190 g/mol. The van der Waals surface area contributed by atoms with Crippen LogP contribution in [0.15, 0.2) is 24.0 Å². The van der Waals surface area contributed by atoms with Gasteiger partial charge in [-0.3, -0.25) is 4.79 Å². The van der Waals surface area contributed by atoms with E-state index in [1.807, 2.05) is 12.4 Å². The molecule has 74 valence electrons. The fourth-order valence-corrected chi connectivity index (χ4v) is 1.79. The molecule has 1 aliphatic carbocycles. The lowest BCUT2D eigenvalue weighted by Crippen LogP contribution is -2.01. The van der Waals surface area contributed by atoms with E-state index >= 15 is 0 Å². The first-order valence-corrected chi connectivity index (χ1v) is 5.02. The van der Waals surface area contributed by atoms with Crippen molar-refractivity contribution in [2.24, 2.45) is 0 Å². The fourth-order valence-electron chi connectivity index (χ4n) is 1.79. The summed E-state index contributed by atoms with van der Waals surface area (Å²) in [5.41, 5.74) is 1.22. The molecule has 3 nitrogen and oxygen atoms in total. The minimum atomic E-state index is 0.259. The van der Waals surface area contributed by atoms with Gasteiger partial charge in [0.2, 0.25) is 0 Å². The maximum absolute atomic E-state index is 11.0. The van der Waals surface area contributed by atoms with E-state index in [0.29, 0.717) is 6.42 Å². The highest BCUT2D eigenvalue weighted by atomic mass is 16.1. The molecule has 0 fully saturated rings. The molecule has 1 aliphatic rings. The summed E-state index contributed by atoms with van der Waals surface area (Å²) in [5, 5.41) is 0. The highest BCUT2D eigenvalue weighted by Crippen LogP contribution is 2.18. The van der Waals surface area contributed by atoms with Crippen molar-refractivity contribution >= 4 is 5.78 Å². The van der Waals surface area contributed by atoms with Gasteiger partial charge in [-0.1, -0.05) is 5.57 Å². The summed E-state index contributed by atoms with van der Waals surface area (Å²) in [6, 6.07) is 0. The third kappa shape index (κ3) is 1.76. The minimum absolute atomic E-state index is 0.259. The number of aromatic nitrogens is 2. The van der Waals surface area contributed by atoms with E-state index in [4.69, 9.17) is 0 Å². The van der Waals surface area contributed by atoms with Crippen molar-refractivity contribution in [2.45, 2.75) is 32.7 Å². The lowest BCUT2D eigenvalue weighted by molar-refractivity contribution is -0.114. The van der Waals surface area contributed by atoms with Gasteiger partial charge >= 0.3 is 0 Å². The number of allylic oxidation sites excluding steroid dienone is 2. The van der Waals surface area contributed by atoms with Crippen molar-refractivity contribution in [3.05, 3.63) is 29.9 Å². The summed E-state index contributed by atoms with van der Waals surface area (Å²) in [7, 11) is 0. The number of hydrogen-bond acceptors (Lipinski definition) is 2. The maximum Gasteiger partial charge on any atom is 0.155 e. The molecule has 1 aromatic heterocycles. The zero-order chi connectivity index (χ0) is 9.97. The Bertz CT molecular complexity index is 376. The average molecular weight is 190 g/mol. The molecular weight excluding hydrogens is 176 g/mol. The number of aryl methyl sites for hydroxylation is 1. The Morgan fingerprint density at radius 2 is 2.36 bits per heavy atom. The first-order valence-electron chi connectivity index (χ1n) is 5.02. The highest BCUT2D eigenvalue weighted by molar-refractivity contribution is 5.92.